The maximum atomic E-state index is 13.1. The SMILES string of the molecule is CC(C)c1ccccc1OC(C)c1nnc(SCC(=O)c2cn(C)c3ccccc23)n1C(C)C. The average molecular weight is 477 g/mol. The van der Waals surface area contributed by atoms with Gasteiger partial charge in [-0.1, -0.05) is 62.0 Å². The smallest absolute Gasteiger partial charge is 0.192 e. The molecule has 0 saturated carbocycles. The maximum Gasteiger partial charge on any atom is 0.192 e. The van der Waals surface area contributed by atoms with Crippen molar-refractivity contribution < 1.29 is 9.53 Å². The quantitative estimate of drug-likeness (QED) is 0.201. The monoisotopic (exact) mass is 476 g/mol. The molecule has 1 unspecified atom stereocenters. The number of Topliss-reactive ketones (excluding diaryl/α,β-unsaturated/α-hetero) is 1. The van der Waals surface area contributed by atoms with Crippen molar-refractivity contribution in [1.82, 2.24) is 19.3 Å². The number of carbonyl (C=O) groups is 1. The van der Waals surface area contributed by atoms with Crippen LogP contribution in [0.5, 0.6) is 5.75 Å². The average Bonchev–Trinajstić information content (AvgIpc) is 3.39. The van der Waals surface area contributed by atoms with Crippen molar-refractivity contribution in [2.45, 2.75) is 57.8 Å². The Labute approximate surface area is 205 Å². The first kappa shape index (κ1) is 24.1. The first-order valence-corrected chi connectivity index (χ1v) is 12.7. The van der Waals surface area contributed by atoms with Gasteiger partial charge in [0.25, 0.3) is 0 Å². The molecule has 0 aliphatic carbocycles. The molecule has 0 fully saturated rings. The van der Waals surface area contributed by atoms with Gasteiger partial charge >= 0.3 is 0 Å². The zero-order valence-corrected chi connectivity index (χ0v) is 21.5. The lowest BCUT2D eigenvalue weighted by Gasteiger charge is -2.21. The molecule has 1 atom stereocenters. The van der Waals surface area contributed by atoms with Gasteiger partial charge in [0.05, 0.1) is 5.75 Å². The normalized spacial score (nSPS) is 12.6. The van der Waals surface area contributed by atoms with Crippen LogP contribution in [0.15, 0.2) is 59.9 Å². The number of aryl methyl sites for hydroxylation is 1. The minimum Gasteiger partial charge on any atom is -0.482 e. The van der Waals surface area contributed by atoms with Gasteiger partial charge in [-0.05, 0) is 44.4 Å². The molecule has 6 nitrogen and oxygen atoms in total. The number of fused-ring (bicyclic) bond motifs is 1. The molecule has 7 heteroatoms. The number of hydrogen-bond donors (Lipinski definition) is 0. The summed E-state index contributed by atoms with van der Waals surface area (Å²) in [5, 5.41) is 10.6. The third kappa shape index (κ3) is 4.75. The number of aromatic nitrogens is 4. The third-order valence-electron chi connectivity index (χ3n) is 5.95. The van der Waals surface area contributed by atoms with Crippen LogP contribution < -0.4 is 4.74 Å². The van der Waals surface area contributed by atoms with Crippen LogP contribution in [0.25, 0.3) is 10.9 Å². The molecule has 2 aromatic carbocycles. The van der Waals surface area contributed by atoms with Crippen LogP contribution in [-0.4, -0.2) is 30.9 Å². The predicted octanol–water partition coefficient (Wildman–Crippen LogP) is 6.59. The second-order valence-corrected chi connectivity index (χ2v) is 10.1. The third-order valence-corrected chi connectivity index (χ3v) is 6.89. The van der Waals surface area contributed by atoms with Crippen LogP contribution in [0.3, 0.4) is 0 Å². The van der Waals surface area contributed by atoms with Crippen LogP contribution in [0.4, 0.5) is 0 Å². The number of rotatable bonds is 9. The van der Waals surface area contributed by atoms with Gasteiger partial charge < -0.3 is 13.9 Å². The Morgan fingerprint density at radius 1 is 1.00 bits per heavy atom. The zero-order chi connectivity index (χ0) is 24.4. The Morgan fingerprint density at radius 3 is 2.44 bits per heavy atom. The number of benzene rings is 2. The number of para-hydroxylation sites is 2. The van der Waals surface area contributed by atoms with Crippen LogP contribution >= 0.6 is 11.8 Å². The maximum absolute atomic E-state index is 13.1. The van der Waals surface area contributed by atoms with E-state index >= 15 is 0 Å². The van der Waals surface area contributed by atoms with Crippen molar-refractivity contribution in [2.75, 3.05) is 5.75 Å². The van der Waals surface area contributed by atoms with E-state index in [2.05, 4.69) is 48.5 Å². The largest absolute Gasteiger partial charge is 0.482 e. The fourth-order valence-electron chi connectivity index (χ4n) is 4.23. The number of nitrogens with zero attached hydrogens (tertiary/aromatic N) is 4. The first-order valence-electron chi connectivity index (χ1n) is 11.7. The fourth-order valence-corrected chi connectivity index (χ4v) is 5.19. The number of thioether (sulfide) groups is 1. The molecule has 0 radical (unpaired) electrons. The van der Waals surface area contributed by atoms with Gasteiger partial charge in [0, 0.05) is 35.8 Å². The van der Waals surface area contributed by atoms with Crippen LogP contribution in [-0.2, 0) is 7.05 Å². The van der Waals surface area contributed by atoms with E-state index in [1.54, 1.807) is 0 Å². The standard InChI is InChI=1S/C27H32N4O2S/c1-17(2)20-11-8-10-14-25(20)33-19(5)26-28-29-27(31(26)18(3)4)34-16-24(32)22-15-30(6)23-13-9-7-12-21(22)23/h7-15,17-19H,16H2,1-6H3. The number of hydrogen-bond acceptors (Lipinski definition) is 5. The van der Waals surface area contributed by atoms with Crippen LogP contribution in [0.2, 0.25) is 0 Å². The van der Waals surface area contributed by atoms with Crippen molar-refractivity contribution in [1.29, 1.82) is 0 Å². The molecular formula is C27H32N4O2S. The highest BCUT2D eigenvalue weighted by atomic mass is 32.2. The van der Waals surface area contributed by atoms with E-state index in [1.807, 2.05) is 67.2 Å². The van der Waals surface area contributed by atoms with Crippen molar-refractivity contribution in [2.24, 2.45) is 7.05 Å². The van der Waals surface area contributed by atoms with Crippen molar-refractivity contribution in [3.63, 3.8) is 0 Å². The summed E-state index contributed by atoms with van der Waals surface area (Å²) in [6.45, 7) is 10.5. The van der Waals surface area contributed by atoms with Crippen molar-refractivity contribution in [3.05, 3.63) is 71.7 Å². The molecule has 0 spiro atoms. The summed E-state index contributed by atoms with van der Waals surface area (Å²) in [7, 11) is 1.97. The van der Waals surface area contributed by atoms with E-state index in [-0.39, 0.29) is 17.9 Å². The Bertz CT molecular complexity index is 1310. The van der Waals surface area contributed by atoms with E-state index < -0.39 is 0 Å². The van der Waals surface area contributed by atoms with Gasteiger partial charge in [-0.2, -0.15) is 0 Å². The van der Waals surface area contributed by atoms with Gasteiger partial charge in [0.15, 0.2) is 22.9 Å². The summed E-state index contributed by atoms with van der Waals surface area (Å²) in [6.07, 6.45) is 1.63. The fraction of sp³-hybridized carbons (Fsp3) is 0.370. The minimum absolute atomic E-state index is 0.0804. The highest BCUT2D eigenvalue weighted by Crippen LogP contribution is 2.32. The van der Waals surface area contributed by atoms with E-state index in [1.165, 1.54) is 17.3 Å². The summed E-state index contributed by atoms with van der Waals surface area (Å²) in [5.41, 5.74) is 2.96. The van der Waals surface area contributed by atoms with Gasteiger partial charge in [-0.15, -0.1) is 10.2 Å². The number of ketones is 1. The summed E-state index contributed by atoms with van der Waals surface area (Å²) in [5.74, 6) is 2.36. The molecular weight excluding hydrogens is 444 g/mol. The molecule has 0 N–H and O–H groups in total. The van der Waals surface area contributed by atoms with Crippen LogP contribution in [0, 0.1) is 0 Å². The Morgan fingerprint density at radius 2 is 1.71 bits per heavy atom. The second kappa shape index (κ2) is 10.1. The lowest BCUT2D eigenvalue weighted by atomic mass is 10.0. The van der Waals surface area contributed by atoms with E-state index in [0.29, 0.717) is 11.7 Å². The highest BCUT2D eigenvalue weighted by molar-refractivity contribution is 7.99. The summed E-state index contributed by atoms with van der Waals surface area (Å²) >= 11 is 1.42. The van der Waals surface area contributed by atoms with Gasteiger partial charge in [0.1, 0.15) is 5.75 Å². The number of ether oxygens (including phenoxy) is 1. The molecule has 0 amide bonds. The molecule has 178 valence electrons. The molecule has 2 aromatic heterocycles. The molecule has 4 rings (SSSR count). The van der Waals surface area contributed by atoms with Gasteiger partial charge in [-0.3, -0.25) is 4.79 Å². The lowest BCUT2D eigenvalue weighted by molar-refractivity contribution is 0.102. The summed E-state index contributed by atoms with van der Waals surface area (Å²) in [6, 6.07) is 16.2. The van der Waals surface area contributed by atoms with E-state index in [0.717, 1.165) is 33.2 Å². The summed E-state index contributed by atoms with van der Waals surface area (Å²) in [4.78, 5) is 13.1. The predicted molar refractivity (Wildman–Crippen MR) is 138 cm³/mol. The van der Waals surface area contributed by atoms with E-state index in [9.17, 15) is 4.79 Å². The molecule has 0 saturated heterocycles. The number of carbonyl (C=O) groups excluding carboxylic acids is 1. The minimum atomic E-state index is -0.280. The van der Waals surface area contributed by atoms with Gasteiger partial charge in [-0.25, -0.2) is 0 Å². The zero-order valence-electron chi connectivity index (χ0n) is 20.6. The van der Waals surface area contributed by atoms with Crippen molar-refractivity contribution in [3.8, 4) is 5.75 Å². The molecule has 4 aromatic rings. The Balaban J connectivity index is 1.54. The topological polar surface area (TPSA) is 61.9 Å². The molecule has 0 aliphatic rings. The second-order valence-electron chi connectivity index (χ2n) is 9.14. The Hall–Kier alpha value is -3.06. The summed E-state index contributed by atoms with van der Waals surface area (Å²) < 4.78 is 10.4. The molecule has 0 aliphatic heterocycles. The highest BCUT2D eigenvalue weighted by Gasteiger charge is 2.23. The van der Waals surface area contributed by atoms with Crippen LogP contribution in [0.1, 0.15) is 74.4 Å². The molecule has 34 heavy (non-hydrogen) atoms. The first-order chi connectivity index (χ1) is 16.3. The molecule has 2 heterocycles. The Kier molecular flexibility index (Phi) is 7.12. The lowest BCUT2D eigenvalue weighted by Crippen LogP contribution is -2.15. The molecule has 0 bridgehead atoms. The van der Waals surface area contributed by atoms with Gasteiger partial charge in [0.2, 0.25) is 0 Å². The van der Waals surface area contributed by atoms with E-state index in [4.69, 9.17) is 4.74 Å². The van der Waals surface area contributed by atoms with Crippen molar-refractivity contribution >= 4 is 28.4 Å².